The SMILES string of the molecule is CC/C=C\C/C=C\C/C=C\C/C=C\CCCCCCCOCC(COC1OC(CO)C(O)C(OS(=O)(=O)O)C1O)OC(=O)CCCCCCCCCCCCCCCCC. The summed E-state index contributed by atoms with van der Waals surface area (Å²) in [7, 11) is -5.06. The zero-order valence-corrected chi connectivity index (χ0v) is 38.1. The van der Waals surface area contributed by atoms with Gasteiger partial charge in [-0.15, -0.1) is 0 Å². The minimum absolute atomic E-state index is 0.0241. The molecule has 0 aromatic rings. The number of esters is 1. The maximum absolute atomic E-state index is 12.9. The van der Waals surface area contributed by atoms with Gasteiger partial charge >= 0.3 is 16.4 Å². The molecule has 1 fully saturated rings. The van der Waals surface area contributed by atoms with Gasteiger partial charge in [-0.1, -0.05) is 172 Å². The average Bonchev–Trinajstić information content (AvgIpc) is 3.22. The number of ether oxygens (including phenoxy) is 4. The third-order valence-corrected chi connectivity index (χ3v) is 10.9. The second-order valence-corrected chi connectivity index (χ2v) is 17.0. The molecule has 0 radical (unpaired) electrons. The van der Waals surface area contributed by atoms with E-state index in [1.165, 1.54) is 70.6 Å². The number of carbonyl (C=O) groups excluding carboxylic acids is 1. The Morgan fingerprint density at radius 3 is 1.68 bits per heavy atom. The summed E-state index contributed by atoms with van der Waals surface area (Å²) in [5.74, 6) is -0.406. The molecule has 1 saturated heterocycles. The molecular formula is C47H84O12S. The molecule has 1 aliphatic rings. The molecular weight excluding hydrogens is 789 g/mol. The topological polar surface area (TPSA) is 178 Å². The number of rotatable bonds is 40. The molecule has 0 aliphatic carbocycles. The highest BCUT2D eigenvalue weighted by Crippen LogP contribution is 2.26. The second-order valence-electron chi connectivity index (χ2n) is 16.0. The number of carbonyl (C=O) groups is 1. The summed E-state index contributed by atoms with van der Waals surface area (Å²) in [6, 6.07) is 0. The van der Waals surface area contributed by atoms with Crippen LogP contribution in [0.1, 0.15) is 181 Å². The van der Waals surface area contributed by atoms with Crippen molar-refractivity contribution in [2.75, 3.05) is 26.4 Å². The molecule has 0 spiro atoms. The number of allylic oxidation sites excluding steroid dienone is 8. The van der Waals surface area contributed by atoms with Gasteiger partial charge in [-0.05, 0) is 51.4 Å². The number of unbranched alkanes of at least 4 members (excludes halogenated alkanes) is 19. The van der Waals surface area contributed by atoms with Crippen molar-refractivity contribution in [3.63, 3.8) is 0 Å². The first kappa shape index (κ1) is 56.1. The van der Waals surface area contributed by atoms with Crippen LogP contribution in [-0.4, -0.2) is 97.5 Å². The van der Waals surface area contributed by atoms with Crippen LogP contribution >= 0.6 is 0 Å². The number of hydrogen-bond acceptors (Lipinski definition) is 11. The molecule has 60 heavy (non-hydrogen) atoms. The van der Waals surface area contributed by atoms with Crippen molar-refractivity contribution in [2.45, 2.75) is 218 Å². The van der Waals surface area contributed by atoms with Gasteiger partial charge in [0.2, 0.25) is 0 Å². The van der Waals surface area contributed by atoms with Gasteiger partial charge < -0.3 is 34.3 Å². The fraction of sp³-hybridized carbons (Fsp3) is 0.809. The monoisotopic (exact) mass is 873 g/mol. The Balaban J connectivity index is 2.43. The summed E-state index contributed by atoms with van der Waals surface area (Å²) in [4.78, 5) is 12.9. The van der Waals surface area contributed by atoms with Crippen molar-refractivity contribution in [1.82, 2.24) is 0 Å². The van der Waals surface area contributed by atoms with E-state index in [0.717, 1.165) is 83.5 Å². The van der Waals surface area contributed by atoms with Crippen molar-refractivity contribution < 1.29 is 56.2 Å². The van der Waals surface area contributed by atoms with Gasteiger partial charge in [0.25, 0.3) is 0 Å². The molecule has 0 bridgehead atoms. The predicted octanol–water partition coefficient (Wildman–Crippen LogP) is 9.97. The zero-order valence-electron chi connectivity index (χ0n) is 37.3. The van der Waals surface area contributed by atoms with Crippen LogP contribution in [0.3, 0.4) is 0 Å². The molecule has 0 aromatic heterocycles. The molecule has 0 saturated carbocycles. The highest BCUT2D eigenvalue weighted by atomic mass is 32.3. The third-order valence-electron chi connectivity index (χ3n) is 10.5. The second kappa shape index (κ2) is 38.7. The lowest BCUT2D eigenvalue weighted by Crippen LogP contribution is -2.60. The summed E-state index contributed by atoms with van der Waals surface area (Å²) in [5.41, 5.74) is 0. The van der Waals surface area contributed by atoms with Gasteiger partial charge in [-0.3, -0.25) is 9.35 Å². The number of aliphatic hydroxyl groups is 3. The van der Waals surface area contributed by atoms with Crippen molar-refractivity contribution in [3.05, 3.63) is 48.6 Å². The summed E-state index contributed by atoms with van der Waals surface area (Å²) in [5, 5.41) is 30.7. The fourth-order valence-corrected chi connectivity index (χ4v) is 7.47. The Morgan fingerprint density at radius 1 is 0.650 bits per heavy atom. The van der Waals surface area contributed by atoms with Gasteiger partial charge in [0.15, 0.2) is 6.29 Å². The number of hydrogen-bond donors (Lipinski definition) is 4. The Morgan fingerprint density at radius 2 is 1.15 bits per heavy atom. The van der Waals surface area contributed by atoms with E-state index in [-0.39, 0.29) is 19.6 Å². The lowest BCUT2D eigenvalue weighted by atomic mass is 9.99. The van der Waals surface area contributed by atoms with E-state index in [9.17, 15) is 28.5 Å². The molecule has 0 amide bonds. The van der Waals surface area contributed by atoms with Gasteiger partial charge in [0, 0.05) is 13.0 Å². The van der Waals surface area contributed by atoms with Gasteiger partial charge in [-0.25, -0.2) is 4.18 Å². The van der Waals surface area contributed by atoms with Gasteiger partial charge in [0.05, 0.1) is 19.8 Å². The first-order valence-electron chi connectivity index (χ1n) is 23.4. The van der Waals surface area contributed by atoms with Crippen LogP contribution in [-0.2, 0) is 38.3 Å². The molecule has 6 unspecified atom stereocenters. The molecule has 12 nitrogen and oxygen atoms in total. The molecule has 0 aromatic carbocycles. The van der Waals surface area contributed by atoms with E-state index in [2.05, 4.69) is 66.6 Å². The molecule has 4 N–H and O–H groups in total. The quantitative estimate of drug-likeness (QED) is 0.0199. The molecule has 6 atom stereocenters. The average molecular weight is 873 g/mol. The highest BCUT2D eigenvalue weighted by molar-refractivity contribution is 7.80. The Labute approximate surface area is 364 Å². The summed E-state index contributed by atoms with van der Waals surface area (Å²) >= 11 is 0. The maximum Gasteiger partial charge on any atom is 0.397 e. The van der Waals surface area contributed by atoms with Crippen molar-refractivity contribution in [3.8, 4) is 0 Å². The minimum atomic E-state index is -5.06. The van der Waals surface area contributed by atoms with E-state index in [0.29, 0.717) is 13.0 Å². The molecule has 1 heterocycles. The first-order chi connectivity index (χ1) is 29.1. The Hall–Kier alpha value is -1.94. The smallest absolute Gasteiger partial charge is 0.397 e. The van der Waals surface area contributed by atoms with Crippen LogP contribution < -0.4 is 0 Å². The summed E-state index contributed by atoms with van der Waals surface area (Å²) in [6.45, 7) is 3.84. The Kier molecular flexibility index (Phi) is 36.2. The van der Waals surface area contributed by atoms with Crippen LogP contribution in [0, 0.1) is 0 Å². The predicted molar refractivity (Wildman–Crippen MR) is 239 cm³/mol. The first-order valence-corrected chi connectivity index (χ1v) is 24.8. The van der Waals surface area contributed by atoms with Gasteiger partial charge in [0.1, 0.15) is 30.5 Å². The molecule has 1 rings (SSSR count). The molecule has 13 heteroatoms. The van der Waals surface area contributed by atoms with E-state index in [4.69, 9.17) is 23.5 Å². The van der Waals surface area contributed by atoms with Crippen molar-refractivity contribution in [1.29, 1.82) is 0 Å². The van der Waals surface area contributed by atoms with Crippen LogP contribution in [0.4, 0.5) is 0 Å². The normalized spacial score (nSPS) is 20.7. The summed E-state index contributed by atoms with van der Waals surface area (Å²) < 4.78 is 59.1. The molecule has 1 aliphatic heterocycles. The molecule has 350 valence electrons. The minimum Gasteiger partial charge on any atom is -0.457 e. The third kappa shape index (κ3) is 31.8. The van der Waals surface area contributed by atoms with Crippen LogP contribution in [0.2, 0.25) is 0 Å². The lowest BCUT2D eigenvalue weighted by molar-refractivity contribution is -0.301. The van der Waals surface area contributed by atoms with E-state index in [1.807, 2.05) is 0 Å². The fourth-order valence-electron chi connectivity index (χ4n) is 6.96. The van der Waals surface area contributed by atoms with Crippen LogP contribution in [0.25, 0.3) is 0 Å². The van der Waals surface area contributed by atoms with E-state index < -0.39 is 59.8 Å². The van der Waals surface area contributed by atoms with Crippen molar-refractivity contribution in [2.24, 2.45) is 0 Å². The van der Waals surface area contributed by atoms with Crippen LogP contribution in [0.15, 0.2) is 48.6 Å². The lowest BCUT2D eigenvalue weighted by Gasteiger charge is -2.41. The zero-order chi connectivity index (χ0) is 43.9. The number of aliphatic hydroxyl groups excluding tert-OH is 3. The standard InChI is InChI=1S/C47H84O12S/c1-3-5-7-9-11-13-15-17-19-20-21-23-25-27-29-31-33-35-37-55-39-41(40-56-47-45(51)46(59-60(52,53)54)44(50)42(38-48)58-47)57-43(49)36-34-32-30-28-26-24-22-18-16-14-12-10-8-6-4-2/h5,7,11,13,17,19,21,23,41-42,44-48,50-51H,3-4,6,8-10,12,14-16,18,20,22,24-40H2,1-2H3,(H,52,53,54)/b7-5-,13-11-,19-17-,23-21-. The van der Waals surface area contributed by atoms with E-state index in [1.54, 1.807) is 0 Å². The summed E-state index contributed by atoms with van der Waals surface area (Å²) in [6.07, 6.45) is 37.1. The largest absolute Gasteiger partial charge is 0.457 e. The maximum atomic E-state index is 12.9. The Bertz CT molecular complexity index is 1240. The van der Waals surface area contributed by atoms with Crippen molar-refractivity contribution >= 4 is 16.4 Å². The van der Waals surface area contributed by atoms with E-state index >= 15 is 0 Å². The highest BCUT2D eigenvalue weighted by Gasteiger charge is 2.48. The van der Waals surface area contributed by atoms with Gasteiger partial charge in [-0.2, -0.15) is 8.42 Å². The van der Waals surface area contributed by atoms with Crippen LogP contribution in [0.5, 0.6) is 0 Å².